The topological polar surface area (TPSA) is 137 Å². The predicted octanol–water partition coefficient (Wildman–Crippen LogP) is 8.95. The first-order chi connectivity index (χ1) is 24.5. The number of nitrogens with zero attached hydrogens (tertiary/aromatic N) is 4. The summed E-state index contributed by atoms with van der Waals surface area (Å²) in [5.74, 6) is -0.633. The van der Waals surface area contributed by atoms with Gasteiger partial charge in [-0.15, -0.1) is 0 Å². The molecule has 0 fully saturated rings. The van der Waals surface area contributed by atoms with Gasteiger partial charge in [-0.3, -0.25) is 9.80 Å². The summed E-state index contributed by atoms with van der Waals surface area (Å²) < 4.78 is 78.7. The summed E-state index contributed by atoms with van der Waals surface area (Å²) in [7, 11) is -2.21. The molecular formula is C38H42BrFN4O8S2. The Balaban J connectivity index is 0.000000280. The Morgan fingerprint density at radius 2 is 1.00 bits per heavy atom. The zero-order chi connectivity index (χ0) is 38.1. The highest BCUT2D eigenvalue weighted by atomic mass is 79.9. The van der Waals surface area contributed by atoms with Crippen LogP contribution in [0.3, 0.4) is 0 Å². The van der Waals surface area contributed by atoms with Gasteiger partial charge in [0.15, 0.2) is 0 Å². The molecule has 16 heteroatoms. The maximum Gasteiger partial charge on any atom is 0.413 e. The largest absolute Gasteiger partial charge is 0.452 e. The van der Waals surface area contributed by atoms with Crippen molar-refractivity contribution in [2.24, 2.45) is 0 Å². The Kier molecular flexibility index (Phi) is 13.5. The van der Waals surface area contributed by atoms with Crippen LogP contribution in [0.1, 0.15) is 26.0 Å². The van der Waals surface area contributed by atoms with E-state index in [4.69, 9.17) is 4.74 Å². The minimum Gasteiger partial charge on any atom is -0.452 e. The summed E-state index contributed by atoms with van der Waals surface area (Å²) in [5.41, 5.74) is 3.19. The quantitative estimate of drug-likeness (QED) is 0.162. The van der Waals surface area contributed by atoms with Gasteiger partial charge in [-0.2, -0.15) is 0 Å². The molecule has 0 radical (unpaired) electrons. The average molecular weight is 846 g/mol. The van der Waals surface area contributed by atoms with Gasteiger partial charge in [0, 0.05) is 47.4 Å². The molecule has 0 aliphatic carbocycles. The molecule has 0 bridgehead atoms. The zero-order valence-corrected chi connectivity index (χ0v) is 32.1. The third kappa shape index (κ3) is 8.30. The molecule has 12 nitrogen and oxygen atoms in total. The van der Waals surface area contributed by atoms with Crippen molar-refractivity contribution >= 4 is 81.3 Å². The van der Waals surface area contributed by atoms with E-state index >= 15 is 0 Å². The molecule has 0 atom stereocenters. The Hall–Kier alpha value is -5.19. The van der Waals surface area contributed by atoms with Crippen LogP contribution in [0.25, 0.3) is 21.8 Å². The molecule has 0 saturated heterocycles. The van der Waals surface area contributed by atoms with Crippen molar-refractivity contribution in [3.05, 3.63) is 119 Å². The standard InChI is InChI=1S/C18H17BrN2O4S.C18H17FN2O4S.2CH4/c2*1-12-4-6-14(7-5-12)26(23,24)21-9-8-15-16(19)10-13(11-17(15)21)20(2)18(22)25-3;;/h2*4-11H,1-3H3;2*1H4. The van der Waals surface area contributed by atoms with E-state index in [0.717, 1.165) is 31.5 Å². The summed E-state index contributed by atoms with van der Waals surface area (Å²) in [6.45, 7) is 3.75. The lowest BCUT2D eigenvalue weighted by Gasteiger charge is -2.17. The molecule has 288 valence electrons. The number of anilines is 2. The minimum atomic E-state index is -3.91. The lowest BCUT2D eigenvalue weighted by atomic mass is 10.2. The highest BCUT2D eigenvalue weighted by Gasteiger charge is 2.23. The van der Waals surface area contributed by atoms with Crippen LogP contribution in [0.2, 0.25) is 0 Å². The maximum absolute atomic E-state index is 14.4. The highest BCUT2D eigenvalue weighted by Crippen LogP contribution is 2.33. The number of fused-ring (bicyclic) bond motifs is 2. The molecule has 0 unspecified atom stereocenters. The fourth-order valence-electron chi connectivity index (χ4n) is 5.26. The maximum atomic E-state index is 14.4. The number of carbonyl (C=O) groups is 2. The number of methoxy groups -OCH3 is 2. The van der Waals surface area contributed by atoms with Gasteiger partial charge >= 0.3 is 12.2 Å². The van der Waals surface area contributed by atoms with Gasteiger partial charge in [-0.25, -0.2) is 38.8 Å². The van der Waals surface area contributed by atoms with Crippen molar-refractivity contribution in [3.8, 4) is 0 Å². The molecule has 2 heterocycles. The lowest BCUT2D eigenvalue weighted by Crippen LogP contribution is -2.26. The van der Waals surface area contributed by atoms with Crippen LogP contribution in [-0.4, -0.2) is 65.3 Å². The van der Waals surface area contributed by atoms with Gasteiger partial charge < -0.3 is 9.47 Å². The molecule has 4 aromatic carbocycles. The first-order valence-corrected chi connectivity index (χ1v) is 19.1. The smallest absolute Gasteiger partial charge is 0.413 e. The predicted molar refractivity (Wildman–Crippen MR) is 214 cm³/mol. The first kappa shape index (κ1) is 43.2. The van der Waals surface area contributed by atoms with E-state index in [9.17, 15) is 30.8 Å². The molecule has 0 N–H and O–H groups in total. The van der Waals surface area contributed by atoms with Crippen LogP contribution in [0, 0.1) is 19.7 Å². The molecule has 54 heavy (non-hydrogen) atoms. The fourth-order valence-corrected chi connectivity index (χ4v) is 8.50. The van der Waals surface area contributed by atoms with Crippen LogP contribution in [0.5, 0.6) is 0 Å². The third-order valence-corrected chi connectivity index (χ3v) is 12.3. The van der Waals surface area contributed by atoms with E-state index in [1.54, 1.807) is 61.6 Å². The summed E-state index contributed by atoms with van der Waals surface area (Å²) in [5, 5.41) is 0.866. The van der Waals surface area contributed by atoms with Crippen LogP contribution < -0.4 is 9.80 Å². The van der Waals surface area contributed by atoms with E-state index < -0.39 is 38.1 Å². The second-order valence-corrected chi connectivity index (χ2v) is 16.1. The van der Waals surface area contributed by atoms with E-state index in [-0.39, 0.29) is 41.2 Å². The van der Waals surface area contributed by atoms with Crippen LogP contribution in [0.4, 0.5) is 25.4 Å². The number of halogens is 2. The number of hydrogen-bond acceptors (Lipinski definition) is 8. The minimum absolute atomic E-state index is 0. The second kappa shape index (κ2) is 16.9. The summed E-state index contributed by atoms with van der Waals surface area (Å²) in [4.78, 5) is 26.2. The van der Waals surface area contributed by atoms with Crippen molar-refractivity contribution in [2.45, 2.75) is 38.5 Å². The van der Waals surface area contributed by atoms with Crippen molar-refractivity contribution in [3.63, 3.8) is 0 Å². The van der Waals surface area contributed by atoms with Crippen LogP contribution in [-0.2, 0) is 29.5 Å². The summed E-state index contributed by atoms with van der Waals surface area (Å²) >= 11 is 3.45. The Morgan fingerprint density at radius 1 is 0.630 bits per heavy atom. The van der Waals surface area contributed by atoms with E-state index in [0.29, 0.717) is 15.7 Å². The van der Waals surface area contributed by atoms with Crippen molar-refractivity contribution in [2.75, 3.05) is 38.1 Å². The van der Waals surface area contributed by atoms with Gasteiger partial charge in [0.25, 0.3) is 20.0 Å². The van der Waals surface area contributed by atoms with Gasteiger partial charge in [0.2, 0.25) is 0 Å². The SMILES string of the molecule is C.C.COC(=O)N(C)c1cc(Br)c2ccn(S(=O)(=O)c3ccc(C)cc3)c2c1.COC(=O)N(C)c1cc(F)c2ccn(S(=O)(=O)c3ccc(C)cc3)c2c1. The van der Waals surface area contributed by atoms with Crippen molar-refractivity contribution in [1.29, 1.82) is 0 Å². The molecule has 2 aromatic heterocycles. The number of ether oxygens (including phenoxy) is 2. The normalized spacial score (nSPS) is 11.1. The number of carbonyl (C=O) groups excluding carboxylic acids is 2. The van der Waals surface area contributed by atoms with Gasteiger partial charge in [-0.05, 0) is 74.5 Å². The van der Waals surface area contributed by atoms with Crippen LogP contribution >= 0.6 is 15.9 Å². The molecular weight excluding hydrogens is 803 g/mol. The van der Waals surface area contributed by atoms with E-state index in [1.807, 2.05) is 13.8 Å². The molecule has 2 amide bonds. The molecule has 0 saturated carbocycles. The fraction of sp³-hybridized carbons (Fsp3) is 0.211. The number of rotatable bonds is 6. The summed E-state index contributed by atoms with van der Waals surface area (Å²) in [6, 6.07) is 22.1. The molecule has 6 rings (SSSR count). The van der Waals surface area contributed by atoms with Crippen molar-refractivity contribution < 1.29 is 40.3 Å². The van der Waals surface area contributed by atoms with Gasteiger partial charge in [-0.1, -0.05) is 66.2 Å². The monoisotopic (exact) mass is 844 g/mol. The molecule has 6 aromatic rings. The van der Waals surface area contributed by atoms with E-state index in [2.05, 4.69) is 20.7 Å². The number of aryl methyl sites for hydroxylation is 2. The number of benzene rings is 4. The number of hydrogen-bond donors (Lipinski definition) is 0. The van der Waals surface area contributed by atoms with Crippen LogP contribution in [0.15, 0.2) is 112 Å². The third-order valence-electron chi connectivity index (χ3n) is 8.24. The van der Waals surface area contributed by atoms with Crippen molar-refractivity contribution in [1.82, 2.24) is 7.94 Å². The Bertz CT molecular complexity index is 2360. The zero-order valence-electron chi connectivity index (χ0n) is 28.9. The van der Waals surface area contributed by atoms with E-state index in [1.165, 1.54) is 66.8 Å². The average Bonchev–Trinajstić information content (AvgIpc) is 3.77. The summed E-state index contributed by atoms with van der Waals surface area (Å²) in [6.07, 6.45) is 1.57. The second-order valence-electron chi connectivity index (χ2n) is 11.6. The molecule has 0 aliphatic heterocycles. The van der Waals surface area contributed by atoms with Gasteiger partial charge in [0.1, 0.15) is 5.82 Å². The lowest BCUT2D eigenvalue weighted by molar-refractivity contribution is 0.179. The number of amides is 2. The Morgan fingerprint density at radius 3 is 1.41 bits per heavy atom. The first-order valence-electron chi connectivity index (χ1n) is 15.4. The Labute approximate surface area is 323 Å². The van der Waals surface area contributed by atoms with Gasteiger partial charge in [0.05, 0.1) is 40.7 Å². The number of aromatic nitrogens is 2. The molecule has 0 aliphatic rings. The molecule has 0 spiro atoms. The highest BCUT2D eigenvalue weighted by molar-refractivity contribution is 9.10.